The predicted octanol–water partition coefficient (Wildman–Crippen LogP) is 2.63. The molecule has 4 aromatic rings. The molecule has 9 heteroatoms. The zero-order chi connectivity index (χ0) is 22.4. The van der Waals surface area contributed by atoms with Crippen molar-refractivity contribution in [2.24, 2.45) is 7.05 Å². The van der Waals surface area contributed by atoms with Crippen LogP contribution in [-0.2, 0) is 20.1 Å². The lowest BCUT2D eigenvalue weighted by Crippen LogP contribution is -2.40. The molecule has 2 aromatic carbocycles. The molecule has 0 aliphatic carbocycles. The first-order chi connectivity index (χ1) is 15.5. The van der Waals surface area contributed by atoms with Gasteiger partial charge in [0.1, 0.15) is 11.6 Å². The molecular weight excluding hydrogens is 413 g/mol. The highest BCUT2D eigenvalue weighted by Gasteiger charge is 2.28. The Morgan fingerprint density at radius 3 is 2.59 bits per heavy atom. The van der Waals surface area contributed by atoms with Crippen molar-refractivity contribution in [2.75, 3.05) is 18.6 Å². The van der Waals surface area contributed by atoms with Crippen LogP contribution in [0, 0.1) is 5.82 Å². The third kappa shape index (κ3) is 3.00. The topological polar surface area (TPSA) is 74.3 Å². The van der Waals surface area contributed by atoms with E-state index in [1.54, 1.807) is 32.4 Å². The average Bonchev–Trinajstić information content (AvgIpc) is 3.21. The number of methoxy groups -OCH3 is 1. The van der Waals surface area contributed by atoms with Crippen LogP contribution in [0.5, 0.6) is 5.75 Å². The summed E-state index contributed by atoms with van der Waals surface area (Å²) in [4.78, 5) is 33.1. The lowest BCUT2D eigenvalue weighted by Gasteiger charge is -2.30. The fourth-order valence-corrected chi connectivity index (χ4v) is 4.28. The van der Waals surface area contributed by atoms with Gasteiger partial charge in [0.05, 0.1) is 19.3 Å². The fourth-order valence-electron chi connectivity index (χ4n) is 4.28. The molecule has 164 valence electrons. The van der Waals surface area contributed by atoms with Crippen LogP contribution in [0.1, 0.15) is 12.0 Å². The second-order valence-electron chi connectivity index (χ2n) is 7.74. The molecule has 0 amide bonds. The second kappa shape index (κ2) is 7.67. The summed E-state index contributed by atoms with van der Waals surface area (Å²) in [7, 11) is 3.19. The number of aromatic nitrogens is 4. The molecule has 3 heterocycles. The summed E-state index contributed by atoms with van der Waals surface area (Å²) in [6, 6.07) is 13.7. The highest BCUT2D eigenvalue weighted by atomic mass is 19.1. The van der Waals surface area contributed by atoms with Gasteiger partial charge < -0.3 is 14.2 Å². The molecule has 5 rings (SSSR count). The molecule has 32 heavy (non-hydrogen) atoms. The van der Waals surface area contributed by atoms with E-state index in [-0.39, 0.29) is 12.1 Å². The summed E-state index contributed by atoms with van der Waals surface area (Å²) in [5.74, 6) is 0.810. The number of rotatable bonds is 4. The SMILES string of the molecule is COc1ccccc1N1CCCn2c1nc1c2c(=O)n(Cc2ccccc2F)c(=O)n1C. The van der Waals surface area contributed by atoms with E-state index in [2.05, 4.69) is 4.98 Å². The van der Waals surface area contributed by atoms with Crippen LogP contribution in [0.25, 0.3) is 11.2 Å². The Hall–Kier alpha value is -3.88. The first-order valence-electron chi connectivity index (χ1n) is 10.3. The van der Waals surface area contributed by atoms with Crippen LogP contribution >= 0.6 is 0 Å². The molecule has 0 fully saturated rings. The van der Waals surface area contributed by atoms with Crippen molar-refractivity contribution in [1.29, 1.82) is 0 Å². The van der Waals surface area contributed by atoms with Gasteiger partial charge in [-0.05, 0) is 24.6 Å². The molecule has 1 aliphatic rings. The number of nitrogens with zero attached hydrogens (tertiary/aromatic N) is 5. The Morgan fingerprint density at radius 1 is 1.06 bits per heavy atom. The first-order valence-corrected chi connectivity index (χ1v) is 10.3. The summed E-state index contributed by atoms with van der Waals surface area (Å²) in [6.07, 6.45) is 0.784. The van der Waals surface area contributed by atoms with Crippen molar-refractivity contribution in [3.8, 4) is 5.75 Å². The first kappa shape index (κ1) is 20.0. The molecule has 0 saturated carbocycles. The van der Waals surface area contributed by atoms with Gasteiger partial charge in [-0.2, -0.15) is 4.98 Å². The quantitative estimate of drug-likeness (QED) is 0.493. The Kier molecular flexibility index (Phi) is 4.80. The van der Waals surface area contributed by atoms with Crippen molar-refractivity contribution in [1.82, 2.24) is 18.7 Å². The number of aryl methyl sites for hydroxylation is 2. The predicted molar refractivity (Wildman–Crippen MR) is 119 cm³/mol. The van der Waals surface area contributed by atoms with E-state index in [4.69, 9.17) is 4.74 Å². The maximum absolute atomic E-state index is 14.2. The van der Waals surface area contributed by atoms with Gasteiger partial charge in [0, 0.05) is 25.7 Å². The van der Waals surface area contributed by atoms with E-state index in [9.17, 15) is 14.0 Å². The van der Waals surface area contributed by atoms with E-state index >= 15 is 0 Å². The minimum absolute atomic E-state index is 0.148. The van der Waals surface area contributed by atoms with Crippen molar-refractivity contribution < 1.29 is 9.13 Å². The summed E-state index contributed by atoms with van der Waals surface area (Å²) in [5, 5.41) is 0. The van der Waals surface area contributed by atoms with Gasteiger partial charge in [-0.3, -0.25) is 13.9 Å². The van der Waals surface area contributed by atoms with Crippen LogP contribution in [0.3, 0.4) is 0 Å². The lowest BCUT2D eigenvalue weighted by atomic mass is 10.2. The second-order valence-corrected chi connectivity index (χ2v) is 7.74. The van der Waals surface area contributed by atoms with Crippen molar-refractivity contribution in [2.45, 2.75) is 19.5 Å². The van der Waals surface area contributed by atoms with Crippen LogP contribution in [0.4, 0.5) is 16.0 Å². The number of benzene rings is 2. The van der Waals surface area contributed by atoms with Crippen molar-refractivity contribution in [3.63, 3.8) is 0 Å². The van der Waals surface area contributed by atoms with Crippen LogP contribution in [0.2, 0.25) is 0 Å². The number of halogens is 1. The molecule has 2 aromatic heterocycles. The summed E-state index contributed by atoms with van der Waals surface area (Å²) >= 11 is 0. The van der Waals surface area contributed by atoms with Gasteiger partial charge in [0.15, 0.2) is 11.2 Å². The van der Waals surface area contributed by atoms with Crippen LogP contribution in [-0.4, -0.2) is 32.3 Å². The molecule has 0 unspecified atom stereocenters. The van der Waals surface area contributed by atoms with E-state index in [1.165, 1.54) is 10.6 Å². The molecule has 0 bridgehead atoms. The van der Waals surface area contributed by atoms with E-state index in [0.717, 1.165) is 16.7 Å². The highest BCUT2D eigenvalue weighted by molar-refractivity contribution is 5.78. The third-order valence-corrected chi connectivity index (χ3v) is 5.88. The van der Waals surface area contributed by atoms with Gasteiger partial charge in [-0.15, -0.1) is 0 Å². The Labute approximate surface area is 182 Å². The largest absolute Gasteiger partial charge is 0.495 e. The smallest absolute Gasteiger partial charge is 0.332 e. The molecule has 0 radical (unpaired) electrons. The molecule has 0 N–H and O–H groups in total. The number of hydrogen-bond donors (Lipinski definition) is 0. The van der Waals surface area contributed by atoms with Gasteiger partial charge in [0.2, 0.25) is 5.95 Å². The summed E-state index contributed by atoms with van der Waals surface area (Å²) < 4.78 is 24.0. The zero-order valence-electron chi connectivity index (χ0n) is 17.8. The minimum atomic E-state index is -0.537. The summed E-state index contributed by atoms with van der Waals surface area (Å²) in [6.45, 7) is 1.14. The molecule has 0 atom stereocenters. The van der Waals surface area contributed by atoms with Crippen molar-refractivity contribution >= 4 is 22.8 Å². The maximum Gasteiger partial charge on any atom is 0.332 e. The fraction of sp³-hybridized carbons (Fsp3) is 0.261. The number of fused-ring (bicyclic) bond motifs is 3. The van der Waals surface area contributed by atoms with E-state index in [1.807, 2.05) is 33.7 Å². The Morgan fingerprint density at radius 2 is 1.81 bits per heavy atom. The van der Waals surface area contributed by atoms with Gasteiger partial charge in [-0.25, -0.2) is 9.18 Å². The number of ether oxygens (including phenoxy) is 1. The third-order valence-electron chi connectivity index (χ3n) is 5.88. The standard InChI is InChI=1S/C23H22FN5O3/c1-26-20-19(21(30)29(23(26)31)14-15-8-3-4-9-16(15)24)28-13-7-12-27(22(28)25-20)17-10-5-6-11-18(17)32-2/h3-6,8-11H,7,12-14H2,1-2H3. The zero-order valence-corrected chi connectivity index (χ0v) is 17.8. The van der Waals surface area contributed by atoms with Gasteiger partial charge in [-0.1, -0.05) is 30.3 Å². The maximum atomic E-state index is 14.2. The Bertz CT molecular complexity index is 1450. The molecule has 0 saturated heterocycles. The highest BCUT2D eigenvalue weighted by Crippen LogP contribution is 2.36. The summed E-state index contributed by atoms with van der Waals surface area (Å²) in [5.41, 5.74) is 0.736. The van der Waals surface area contributed by atoms with E-state index in [0.29, 0.717) is 36.0 Å². The van der Waals surface area contributed by atoms with Gasteiger partial charge in [0.25, 0.3) is 5.56 Å². The number of anilines is 2. The lowest BCUT2D eigenvalue weighted by molar-refractivity contribution is 0.414. The van der Waals surface area contributed by atoms with Crippen LogP contribution < -0.4 is 20.9 Å². The molecular formula is C23H22FN5O3. The van der Waals surface area contributed by atoms with Crippen molar-refractivity contribution in [3.05, 3.63) is 80.7 Å². The van der Waals surface area contributed by atoms with Crippen LogP contribution in [0.15, 0.2) is 58.1 Å². The minimum Gasteiger partial charge on any atom is -0.495 e. The normalized spacial score (nSPS) is 13.4. The average molecular weight is 435 g/mol. The molecule has 8 nitrogen and oxygen atoms in total. The number of hydrogen-bond acceptors (Lipinski definition) is 5. The Balaban J connectivity index is 1.72. The molecule has 0 spiro atoms. The van der Waals surface area contributed by atoms with E-state index < -0.39 is 17.1 Å². The monoisotopic (exact) mass is 435 g/mol. The molecule has 1 aliphatic heterocycles. The van der Waals surface area contributed by atoms with Gasteiger partial charge >= 0.3 is 5.69 Å². The number of imidazole rings is 1. The number of para-hydroxylation sites is 2.